The van der Waals surface area contributed by atoms with Gasteiger partial charge in [0.05, 0.1) is 0 Å². The molecule has 0 aromatic heterocycles. The molecule has 1 aliphatic rings. The van der Waals surface area contributed by atoms with Gasteiger partial charge < -0.3 is 5.11 Å². The normalized spacial score (nSPS) is 31.8. The fourth-order valence-electron chi connectivity index (χ4n) is 2.06. The van der Waals surface area contributed by atoms with E-state index in [1.807, 2.05) is 0 Å². The first kappa shape index (κ1) is 13.1. The highest BCUT2D eigenvalue weighted by molar-refractivity contribution is 5.34. The minimum Gasteiger partial charge on any atom is -0.378 e. The van der Waals surface area contributed by atoms with Crippen molar-refractivity contribution in [3.05, 3.63) is 23.3 Å². The predicted molar refractivity (Wildman–Crippen MR) is 68.9 cm³/mol. The van der Waals surface area contributed by atoms with E-state index in [2.05, 4.69) is 38.8 Å². The van der Waals surface area contributed by atoms with Crippen molar-refractivity contribution in [2.75, 3.05) is 0 Å². The van der Waals surface area contributed by atoms with Gasteiger partial charge >= 0.3 is 0 Å². The first-order valence-corrected chi connectivity index (χ1v) is 5.94. The molecule has 0 aliphatic heterocycles. The molecule has 1 aliphatic carbocycles. The zero-order valence-corrected chi connectivity index (χ0v) is 10.7. The van der Waals surface area contributed by atoms with E-state index in [1.165, 1.54) is 11.1 Å². The molecule has 0 bridgehead atoms. The highest BCUT2D eigenvalue weighted by Crippen LogP contribution is 2.34. The second-order valence-electron chi connectivity index (χ2n) is 5.17. The molecular weight excluding hydrogens is 196 g/mol. The average molecular weight is 218 g/mol. The molecule has 88 valence electrons. The first-order chi connectivity index (χ1) is 7.37. The number of rotatable bonds is 2. The van der Waals surface area contributed by atoms with Gasteiger partial charge in [0.15, 0.2) is 0 Å². The SMILES string of the molecule is C#C[C@](C)(O)C/C=C1/C(C)=CC[C@@H](C)[C@H]1C. The smallest absolute Gasteiger partial charge is 0.125 e. The van der Waals surface area contributed by atoms with E-state index < -0.39 is 5.60 Å². The van der Waals surface area contributed by atoms with Gasteiger partial charge in [-0.2, -0.15) is 0 Å². The Morgan fingerprint density at radius 2 is 2.25 bits per heavy atom. The Morgan fingerprint density at radius 3 is 2.81 bits per heavy atom. The summed E-state index contributed by atoms with van der Waals surface area (Å²) in [7, 11) is 0. The third kappa shape index (κ3) is 3.00. The number of hydrogen-bond donors (Lipinski definition) is 1. The molecule has 0 saturated carbocycles. The summed E-state index contributed by atoms with van der Waals surface area (Å²) in [5.74, 6) is 3.64. The molecule has 0 amide bonds. The summed E-state index contributed by atoms with van der Waals surface area (Å²) < 4.78 is 0. The number of terminal acetylenes is 1. The van der Waals surface area contributed by atoms with Crippen LogP contribution in [0.5, 0.6) is 0 Å². The Hall–Kier alpha value is -1.00. The number of allylic oxidation sites excluding steroid dienone is 3. The Balaban J connectivity index is 2.86. The van der Waals surface area contributed by atoms with E-state index >= 15 is 0 Å². The van der Waals surface area contributed by atoms with Crippen molar-refractivity contribution >= 4 is 0 Å². The lowest BCUT2D eigenvalue weighted by molar-refractivity contribution is 0.125. The number of hydrogen-bond acceptors (Lipinski definition) is 1. The van der Waals surface area contributed by atoms with Gasteiger partial charge in [-0.3, -0.25) is 0 Å². The fourth-order valence-corrected chi connectivity index (χ4v) is 2.06. The fraction of sp³-hybridized carbons (Fsp3) is 0.600. The van der Waals surface area contributed by atoms with E-state index in [1.54, 1.807) is 6.92 Å². The van der Waals surface area contributed by atoms with Crippen LogP contribution in [0.15, 0.2) is 23.3 Å². The monoisotopic (exact) mass is 218 g/mol. The molecule has 16 heavy (non-hydrogen) atoms. The second-order valence-corrected chi connectivity index (χ2v) is 5.17. The van der Waals surface area contributed by atoms with Crippen molar-refractivity contribution in [2.45, 2.75) is 46.1 Å². The lowest BCUT2D eigenvalue weighted by atomic mass is 9.77. The van der Waals surface area contributed by atoms with Gasteiger partial charge in [0, 0.05) is 6.42 Å². The third-order valence-electron chi connectivity index (χ3n) is 3.63. The van der Waals surface area contributed by atoms with Crippen LogP contribution in [0.1, 0.15) is 40.5 Å². The van der Waals surface area contributed by atoms with Crippen molar-refractivity contribution in [1.82, 2.24) is 0 Å². The molecule has 0 aromatic carbocycles. The number of aliphatic hydroxyl groups is 1. The topological polar surface area (TPSA) is 20.2 Å². The van der Waals surface area contributed by atoms with Crippen molar-refractivity contribution in [3.63, 3.8) is 0 Å². The van der Waals surface area contributed by atoms with Crippen molar-refractivity contribution < 1.29 is 5.11 Å². The minimum absolute atomic E-state index is 0.529. The molecule has 0 heterocycles. The molecule has 0 unspecified atom stereocenters. The van der Waals surface area contributed by atoms with Crippen molar-refractivity contribution in [3.8, 4) is 12.3 Å². The van der Waals surface area contributed by atoms with Crippen LogP contribution in [-0.4, -0.2) is 10.7 Å². The molecule has 0 aromatic rings. The van der Waals surface area contributed by atoms with Crippen LogP contribution in [0.4, 0.5) is 0 Å². The van der Waals surface area contributed by atoms with E-state index in [0.29, 0.717) is 18.3 Å². The summed E-state index contributed by atoms with van der Waals surface area (Å²) in [6.45, 7) is 8.33. The summed E-state index contributed by atoms with van der Waals surface area (Å²) in [4.78, 5) is 0. The first-order valence-electron chi connectivity index (χ1n) is 5.94. The van der Waals surface area contributed by atoms with Crippen LogP contribution >= 0.6 is 0 Å². The molecule has 0 saturated heterocycles. The van der Waals surface area contributed by atoms with Gasteiger partial charge in [0.25, 0.3) is 0 Å². The van der Waals surface area contributed by atoms with Crippen LogP contribution in [-0.2, 0) is 0 Å². The van der Waals surface area contributed by atoms with E-state index in [-0.39, 0.29) is 0 Å². The molecule has 1 heteroatoms. The molecule has 1 N–H and O–H groups in total. The zero-order chi connectivity index (χ0) is 12.3. The Bertz CT molecular complexity index is 352. The average Bonchev–Trinajstić information content (AvgIpc) is 2.24. The summed E-state index contributed by atoms with van der Waals surface area (Å²) in [6.07, 6.45) is 11.3. The highest BCUT2D eigenvalue weighted by atomic mass is 16.3. The Labute approximate surface area is 99.3 Å². The zero-order valence-electron chi connectivity index (χ0n) is 10.7. The standard InChI is InChI=1S/C15H22O/c1-6-15(5,16)10-9-14-12(3)8-7-11(2)13(14)4/h1,8-9,11,13,16H,7,10H2,2-5H3/b14-9-/t11-,13-,15+/m1/s1. The quantitative estimate of drug-likeness (QED) is 0.705. The van der Waals surface area contributed by atoms with Crippen LogP contribution in [0, 0.1) is 24.2 Å². The molecule has 3 atom stereocenters. The van der Waals surface area contributed by atoms with E-state index in [4.69, 9.17) is 6.42 Å². The predicted octanol–water partition coefficient (Wildman–Crippen LogP) is 3.31. The van der Waals surface area contributed by atoms with Crippen LogP contribution in [0.3, 0.4) is 0 Å². The van der Waals surface area contributed by atoms with Crippen LogP contribution in [0.25, 0.3) is 0 Å². The van der Waals surface area contributed by atoms with Crippen molar-refractivity contribution in [1.29, 1.82) is 0 Å². The molecule has 0 spiro atoms. The van der Waals surface area contributed by atoms with Gasteiger partial charge in [-0.25, -0.2) is 0 Å². The largest absolute Gasteiger partial charge is 0.378 e. The third-order valence-corrected chi connectivity index (χ3v) is 3.63. The Kier molecular flexibility index (Phi) is 3.99. The lowest BCUT2D eigenvalue weighted by Gasteiger charge is -2.28. The molecule has 0 radical (unpaired) electrons. The van der Waals surface area contributed by atoms with Gasteiger partial charge in [-0.1, -0.05) is 37.5 Å². The molecule has 1 rings (SSSR count). The van der Waals surface area contributed by atoms with Crippen LogP contribution in [0.2, 0.25) is 0 Å². The van der Waals surface area contributed by atoms with Crippen LogP contribution < -0.4 is 0 Å². The van der Waals surface area contributed by atoms with Crippen molar-refractivity contribution in [2.24, 2.45) is 11.8 Å². The van der Waals surface area contributed by atoms with E-state index in [9.17, 15) is 5.11 Å². The maximum Gasteiger partial charge on any atom is 0.125 e. The summed E-state index contributed by atoms with van der Waals surface area (Å²) >= 11 is 0. The summed E-state index contributed by atoms with van der Waals surface area (Å²) in [5, 5.41) is 9.79. The van der Waals surface area contributed by atoms with Gasteiger partial charge in [0.1, 0.15) is 5.60 Å². The van der Waals surface area contributed by atoms with Gasteiger partial charge in [-0.05, 0) is 37.7 Å². The Morgan fingerprint density at radius 1 is 1.62 bits per heavy atom. The molecule has 1 nitrogen and oxygen atoms in total. The van der Waals surface area contributed by atoms with E-state index in [0.717, 1.165) is 6.42 Å². The highest BCUT2D eigenvalue weighted by Gasteiger charge is 2.22. The maximum absolute atomic E-state index is 9.79. The van der Waals surface area contributed by atoms with Gasteiger partial charge in [-0.15, -0.1) is 6.42 Å². The molecular formula is C15H22O. The minimum atomic E-state index is -1.02. The second kappa shape index (κ2) is 4.89. The van der Waals surface area contributed by atoms with Gasteiger partial charge in [0.2, 0.25) is 0 Å². The molecule has 0 fully saturated rings. The maximum atomic E-state index is 9.79. The summed E-state index contributed by atoms with van der Waals surface area (Å²) in [5.41, 5.74) is 1.65. The summed E-state index contributed by atoms with van der Waals surface area (Å²) in [6, 6.07) is 0. The lowest BCUT2D eigenvalue weighted by Crippen LogP contribution is -2.21.